The molecule has 2 amide bonds. The van der Waals surface area contributed by atoms with Crippen LogP contribution in [0, 0.1) is 5.92 Å². The van der Waals surface area contributed by atoms with E-state index in [1.54, 1.807) is 7.11 Å². The topological polar surface area (TPSA) is 109 Å². The van der Waals surface area contributed by atoms with E-state index in [0.717, 1.165) is 27.6 Å². The van der Waals surface area contributed by atoms with E-state index in [4.69, 9.17) is 4.74 Å². The normalized spacial score (nSPS) is 11.9. The summed E-state index contributed by atoms with van der Waals surface area (Å²) in [5, 5.41) is 15.0. The fraction of sp³-hybridized carbons (Fsp3) is 0.259. The zero-order chi connectivity index (χ0) is 24.8. The molecule has 0 aliphatic carbocycles. The Morgan fingerprint density at radius 3 is 2.46 bits per heavy atom. The van der Waals surface area contributed by atoms with Crippen molar-refractivity contribution in [1.82, 2.24) is 25.8 Å². The van der Waals surface area contributed by atoms with Gasteiger partial charge in [-0.1, -0.05) is 56.3 Å². The Morgan fingerprint density at radius 2 is 1.74 bits per heavy atom. The number of nitrogens with zero attached hydrogens (tertiary/aromatic N) is 2. The number of H-pyrrole nitrogens is 1. The van der Waals surface area contributed by atoms with Gasteiger partial charge in [0.2, 0.25) is 11.8 Å². The SMILES string of the molecule is COc1ccc(-c2n[nH]c(CNC(=O)C(NC(=O)Cc3ccc4ccccc4c3)C(C)C)n2)cc1. The van der Waals surface area contributed by atoms with Crippen molar-refractivity contribution in [3.63, 3.8) is 0 Å². The molecule has 1 unspecified atom stereocenters. The van der Waals surface area contributed by atoms with E-state index in [9.17, 15) is 9.59 Å². The molecule has 0 fully saturated rings. The highest BCUT2D eigenvalue weighted by Gasteiger charge is 2.24. The summed E-state index contributed by atoms with van der Waals surface area (Å²) in [6, 6.07) is 20.7. The van der Waals surface area contributed by atoms with Gasteiger partial charge in [0.15, 0.2) is 5.82 Å². The first-order valence-corrected chi connectivity index (χ1v) is 11.5. The monoisotopic (exact) mass is 471 g/mol. The molecule has 0 saturated heterocycles. The molecule has 1 atom stereocenters. The zero-order valence-corrected chi connectivity index (χ0v) is 20.0. The third-order valence-corrected chi connectivity index (χ3v) is 5.75. The summed E-state index contributed by atoms with van der Waals surface area (Å²) < 4.78 is 5.17. The quantitative estimate of drug-likeness (QED) is 0.345. The van der Waals surface area contributed by atoms with Gasteiger partial charge in [-0.15, -0.1) is 0 Å². The molecule has 1 heterocycles. The minimum atomic E-state index is -0.660. The lowest BCUT2D eigenvalue weighted by Gasteiger charge is -2.21. The Morgan fingerprint density at radius 1 is 1.00 bits per heavy atom. The van der Waals surface area contributed by atoms with Gasteiger partial charge in [0, 0.05) is 5.56 Å². The Labute approximate surface area is 204 Å². The van der Waals surface area contributed by atoms with Crippen LogP contribution >= 0.6 is 0 Å². The number of ether oxygens (including phenoxy) is 1. The summed E-state index contributed by atoms with van der Waals surface area (Å²) in [5.41, 5.74) is 1.73. The van der Waals surface area contributed by atoms with E-state index in [1.165, 1.54) is 0 Å². The molecule has 4 aromatic rings. The third-order valence-electron chi connectivity index (χ3n) is 5.75. The van der Waals surface area contributed by atoms with Crippen molar-refractivity contribution in [2.75, 3.05) is 7.11 Å². The summed E-state index contributed by atoms with van der Waals surface area (Å²) in [4.78, 5) is 30.0. The lowest BCUT2D eigenvalue weighted by Crippen LogP contribution is -2.50. The van der Waals surface area contributed by atoms with Crippen molar-refractivity contribution < 1.29 is 14.3 Å². The molecule has 3 N–H and O–H groups in total. The van der Waals surface area contributed by atoms with Crippen LogP contribution in [0.2, 0.25) is 0 Å². The minimum Gasteiger partial charge on any atom is -0.497 e. The van der Waals surface area contributed by atoms with Crippen molar-refractivity contribution in [3.8, 4) is 17.1 Å². The summed E-state index contributed by atoms with van der Waals surface area (Å²) in [6.07, 6.45) is 0.203. The molecule has 0 aliphatic rings. The number of methoxy groups -OCH3 is 1. The highest BCUT2D eigenvalue weighted by atomic mass is 16.5. The molecule has 0 saturated carbocycles. The number of rotatable bonds is 9. The molecule has 8 heteroatoms. The first kappa shape index (κ1) is 23.9. The van der Waals surface area contributed by atoms with Gasteiger partial charge >= 0.3 is 0 Å². The van der Waals surface area contributed by atoms with Crippen molar-refractivity contribution in [2.45, 2.75) is 32.9 Å². The van der Waals surface area contributed by atoms with Crippen LogP contribution in [0.25, 0.3) is 22.2 Å². The van der Waals surface area contributed by atoms with Crippen molar-refractivity contribution in [1.29, 1.82) is 0 Å². The predicted octanol–water partition coefficient (Wildman–Crippen LogP) is 3.63. The van der Waals surface area contributed by atoms with E-state index >= 15 is 0 Å². The molecule has 0 bridgehead atoms. The number of benzene rings is 3. The lowest BCUT2D eigenvalue weighted by atomic mass is 10.0. The highest BCUT2D eigenvalue weighted by molar-refractivity contribution is 5.89. The maximum Gasteiger partial charge on any atom is 0.243 e. The molecule has 1 aromatic heterocycles. The third kappa shape index (κ3) is 6.03. The van der Waals surface area contributed by atoms with Crippen molar-refractivity contribution >= 4 is 22.6 Å². The van der Waals surface area contributed by atoms with Crippen molar-refractivity contribution in [2.24, 2.45) is 5.92 Å². The fourth-order valence-electron chi connectivity index (χ4n) is 3.82. The maximum absolute atomic E-state index is 12.9. The first-order chi connectivity index (χ1) is 16.9. The van der Waals surface area contributed by atoms with Crippen LogP contribution in [0.5, 0.6) is 5.75 Å². The lowest BCUT2D eigenvalue weighted by molar-refractivity contribution is -0.129. The van der Waals surface area contributed by atoms with Crippen LogP contribution in [0.15, 0.2) is 66.7 Å². The van der Waals surface area contributed by atoms with Crippen molar-refractivity contribution in [3.05, 3.63) is 78.1 Å². The van der Waals surface area contributed by atoms with E-state index < -0.39 is 6.04 Å². The van der Waals surface area contributed by atoms with Crippen LogP contribution in [-0.4, -0.2) is 40.1 Å². The first-order valence-electron chi connectivity index (χ1n) is 11.5. The van der Waals surface area contributed by atoms with Gasteiger partial charge in [0.05, 0.1) is 20.1 Å². The van der Waals surface area contributed by atoms with E-state index in [1.807, 2.05) is 80.6 Å². The smallest absolute Gasteiger partial charge is 0.243 e. The van der Waals surface area contributed by atoms with Gasteiger partial charge in [0.25, 0.3) is 0 Å². The summed E-state index contributed by atoms with van der Waals surface area (Å²) in [5.74, 6) is 1.25. The Kier molecular flexibility index (Phi) is 7.40. The molecular formula is C27H29N5O3. The van der Waals surface area contributed by atoms with Gasteiger partial charge < -0.3 is 15.4 Å². The fourth-order valence-corrected chi connectivity index (χ4v) is 3.82. The van der Waals surface area contributed by atoms with Gasteiger partial charge in [-0.2, -0.15) is 5.10 Å². The number of hydrogen-bond donors (Lipinski definition) is 3. The van der Waals surface area contributed by atoms with Crippen LogP contribution in [0.3, 0.4) is 0 Å². The number of aromatic nitrogens is 3. The number of amides is 2. The standard InChI is InChI=1S/C27H29N5O3/c1-17(2)25(30-24(33)15-18-8-9-19-6-4-5-7-21(19)14-18)27(34)28-16-23-29-26(32-31-23)20-10-12-22(35-3)13-11-20/h4-14,17,25H,15-16H2,1-3H3,(H,28,34)(H,30,33)(H,29,31,32). The number of nitrogens with one attached hydrogen (secondary N) is 3. The van der Waals surface area contributed by atoms with Crippen LogP contribution in [0.1, 0.15) is 25.2 Å². The van der Waals surface area contributed by atoms with E-state index in [2.05, 4.69) is 25.8 Å². The average molecular weight is 472 g/mol. The number of carbonyl (C=O) groups is 2. The number of carbonyl (C=O) groups excluding carboxylic acids is 2. The summed E-state index contributed by atoms with van der Waals surface area (Å²) in [6.45, 7) is 3.97. The maximum atomic E-state index is 12.9. The van der Waals surface area contributed by atoms with E-state index in [-0.39, 0.29) is 30.7 Å². The van der Waals surface area contributed by atoms with Crippen LogP contribution < -0.4 is 15.4 Å². The molecule has 3 aromatic carbocycles. The minimum absolute atomic E-state index is 0.0832. The Bertz CT molecular complexity index is 1310. The molecule has 8 nitrogen and oxygen atoms in total. The average Bonchev–Trinajstić information content (AvgIpc) is 3.35. The van der Waals surface area contributed by atoms with Gasteiger partial charge in [-0.05, 0) is 46.5 Å². The second kappa shape index (κ2) is 10.8. The predicted molar refractivity (Wildman–Crippen MR) is 135 cm³/mol. The van der Waals surface area contributed by atoms with Gasteiger partial charge in [-0.25, -0.2) is 4.98 Å². The second-order valence-corrected chi connectivity index (χ2v) is 8.70. The number of aromatic amines is 1. The van der Waals surface area contributed by atoms with Crippen LogP contribution in [0.4, 0.5) is 0 Å². The molecule has 0 aliphatic heterocycles. The molecule has 35 heavy (non-hydrogen) atoms. The Hall–Kier alpha value is -4.20. The van der Waals surface area contributed by atoms with E-state index in [0.29, 0.717) is 11.6 Å². The number of hydrogen-bond acceptors (Lipinski definition) is 5. The molecule has 0 spiro atoms. The van der Waals surface area contributed by atoms with Gasteiger partial charge in [0.1, 0.15) is 17.6 Å². The highest BCUT2D eigenvalue weighted by Crippen LogP contribution is 2.19. The molecule has 180 valence electrons. The molecule has 0 radical (unpaired) electrons. The number of fused-ring (bicyclic) bond motifs is 1. The molecule has 4 rings (SSSR count). The Balaban J connectivity index is 1.34. The molecular weight excluding hydrogens is 442 g/mol. The van der Waals surface area contributed by atoms with Crippen LogP contribution in [-0.2, 0) is 22.6 Å². The second-order valence-electron chi connectivity index (χ2n) is 8.70. The summed E-state index contributed by atoms with van der Waals surface area (Å²) >= 11 is 0. The van der Waals surface area contributed by atoms with Gasteiger partial charge in [-0.3, -0.25) is 14.7 Å². The largest absolute Gasteiger partial charge is 0.497 e. The summed E-state index contributed by atoms with van der Waals surface area (Å²) in [7, 11) is 1.61. The zero-order valence-electron chi connectivity index (χ0n) is 20.0.